The van der Waals surface area contributed by atoms with Crippen LogP contribution in [-0.4, -0.2) is 14.8 Å². The second kappa shape index (κ2) is 3.98. The molecule has 0 aliphatic rings. The van der Waals surface area contributed by atoms with Crippen molar-refractivity contribution in [3.8, 4) is 0 Å². The van der Waals surface area contributed by atoms with Crippen molar-refractivity contribution >= 4 is 23.2 Å². The van der Waals surface area contributed by atoms with Crippen LogP contribution in [0, 0.1) is 0 Å². The maximum atomic E-state index is 5.95. The Morgan fingerprint density at radius 3 is 2.86 bits per heavy atom. The summed E-state index contributed by atoms with van der Waals surface area (Å²) in [5.41, 5.74) is 0.725. The van der Waals surface area contributed by atoms with Crippen molar-refractivity contribution < 1.29 is 0 Å². The smallest absolute Gasteiger partial charge is 0.129 e. The summed E-state index contributed by atoms with van der Waals surface area (Å²) in [7, 11) is 0. The first kappa shape index (κ1) is 9.49. The molecular formula is C9H7Cl2N3. The van der Waals surface area contributed by atoms with Gasteiger partial charge in [0.25, 0.3) is 0 Å². The van der Waals surface area contributed by atoms with Gasteiger partial charge in [-0.1, -0.05) is 23.2 Å². The van der Waals surface area contributed by atoms with Crippen LogP contribution in [0.25, 0.3) is 0 Å². The molecule has 0 saturated heterocycles. The van der Waals surface area contributed by atoms with Crippen LogP contribution < -0.4 is 0 Å². The Kier molecular flexibility index (Phi) is 2.70. The first-order chi connectivity index (χ1) is 6.75. The van der Waals surface area contributed by atoms with Gasteiger partial charge in [-0.2, -0.15) is 5.10 Å². The highest BCUT2D eigenvalue weighted by molar-refractivity contribution is 6.32. The molecule has 3 nitrogen and oxygen atoms in total. The molecule has 0 radical (unpaired) electrons. The minimum atomic E-state index is 0.441. The van der Waals surface area contributed by atoms with Gasteiger partial charge in [-0.3, -0.25) is 4.68 Å². The van der Waals surface area contributed by atoms with E-state index in [1.807, 2.05) is 12.3 Å². The topological polar surface area (TPSA) is 30.7 Å². The Balaban J connectivity index is 2.28. The SMILES string of the molecule is Clc1ccc(Cl)c(Cn2cccn2)n1. The molecule has 5 heteroatoms. The largest absolute Gasteiger partial charge is 0.267 e. The summed E-state index contributed by atoms with van der Waals surface area (Å²) in [4.78, 5) is 4.12. The van der Waals surface area contributed by atoms with E-state index in [-0.39, 0.29) is 0 Å². The summed E-state index contributed by atoms with van der Waals surface area (Å²) >= 11 is 11.7. The number of hydrogen-bond acceptors (Lipinski definition) is 2. The van der Waals surface area contributed by atoms with Crippen molar-refractivity contribution in [1.29, 1.82) is 0 Å². The molecule has 0 saturated carbocycles. The standard InChI is InChI=1S/C9H7Cl2N3/c10-7-2-3-9(11)13-8(7)6-14-5-1-4-12-14/h1-5H,6H2. The van der Waals surface area contributed by atoms with Gasteiger partial charge in [-0.25, -0.2) is 4.98 Å². The first-order valence-electron chi connectivity index (χ1n) is 4.04. The summed E-state index contributed by atoms with van der Waals surface area (Å²) in [6.07, 6.45) is 3.55. The molecule has 0 amide bonds. The molecule has 0 bridgehead atoms. The summed E-state index contributed by atoms with van der Waals surface area (Å²) in [5.74, 6) is 0. The van der Waals surface area contributed by atoms with Crippen molar-refractivity contribution in [2.75, 3.05) is 0 Å². The monoisotopic (exact) mass is 227 g/mol. The quantitative estimate of drug-likeness (QED) is 0.739. The van der Waals surface area contributed by atoms with E-state index < -0.39 is 0 Å². The molecule has 2 aromatic heterocycles. The van der Waals surface area contributed by atoms with Gasteiger partial charge in [0.15, 0.2) is 0 Å². The maximum absolute atomic E-state index is 5.95. The van der Waals surface area contributed by atoms with Crippen LogP contribution in [0.2, 0.25) is 10.2 Å². The van der Waals surface area contributed by atoms with Crippen molar-refractivity contribution in [2.45, 2.75) is 6.54 Å². The highest BCUT2D eigenvalue weighted by Crippen LogP contribution is 2.17. The molecule has 0 aliphatic heterocycles. The van der Waals surface area contributed by atoms with Crippen molar-refractivity contribution in [1.82, 2.24) is 14.8 Å². The highest BCUT2D eigenvalue weighted by Gasteiger charge is 2.03. The number of hydrogen-bond donors (Lipinski definition) is 0. The number of aromatic nitrogens is 3. The molecule has 2 heterocycles. The zero-order chi connectivity index (χ0) is 9.97. The van der Waals surface area contributed by atoms with Gasteiger partial charge >= 0.3 is 0 Å². The minimum absolute atomic E-state index is 0.441. The fourth-order valence-electron chi connectivity index (χ4n) is 1.12. The highest BCUT2D eigenvalue weighted by atomic mass is 35.5. The molecule has 2 rings (SSSR count). The molecule has 72 valence electrons. The van der Waals surface area contributed by atoms with Gasteiger partial charge in [0.1, 0.15) is 5.15 Å². The van der Waals surface area contributed by atoms with Crippen LogP contribution in [0.15, 0.2) is 30.6 Å². The third-order valence-electron chi connectivity index (χ3n) is 1.76. The summed E-state index contributed by atoms with van der Waals surface area (Å²) in [6.45, 7) is 0.534. The minimum Gasteiger partial charge on any atom is -0.267 e. The first-order valence-corrected chi connectivity index (χ1v) is 4.79. The number of nitrogens with zero attached hydrogens (tertiary/aromatic N) is 3. The van der Waals surface area contributed by atoms with Gasteiger partial charge in [-0.05, 0) is 18.2 Å². The Labute approximate surface area is 91.3 Å². The van der Waals surface area contributed by atoms with E-state index in [1.54, 1.807) is 23.0 Å². The molecular weight excluding hydrogens is 221 g/mol. The fraction of sp³-hybridized carbons (Fsp3) is 0.111. The van der Waals surface area contributed by atoms with Gasteiger partial charge in [0.2, 0.25) is 0 Å². The Bertz CT molecular complexity index is 426. The summed E-state index contributed by atoms with van der Waals surface area (Å²) in [5, 5.41) is 5.10. The average molecular weight is 228 g/mol. The van der Waals surface area contributed by atoms with E-state index in [9.17, 15) is 0 Å². The molecule has 0 fully saturated rings. The van der Waals surface area contributed by atoms with Crippen LogP contribution >= 0.6 is 23.2 Å². The number of pyridine rings is 1. The fourth-order valence-corrected chi connectivity index (χ4v) is 1.45. The van der Waals surface area contributed by atoms with Crippen LogP contribution in [0.5, 0.6) is 0 Å². The lowest BCUT2D eigenvalue weighted by Crippen LogP contribution is -2.02. The van der Waals surface area contributed by atoms with Crippen molar-refractivity contribution in [2.24, 2.45) is 0 Å². The van der Waals surface area contributed by atoms with E-state index in [0.717, 1.165) is 5.69 Å². The van der Waals surface area contributed by atoms with Crippen LogP contribution in [0.1, 0.15) is 5.69 Å². The molecule has 2 aromatic rings. The van der Waals surface area contributed by atoms with E-state index in [0.29, 0.717) is 16.7 Å². The summed E-state index contributed by atoms with van der Waals surface area (Å²) in [6, 6.07) is 5.24. The van der Waals surface area contributed by atoms with Gasteiger partial charge in [0, 0.05) is 12.4 Å². The number of halogens is 2. The maximum Gasteiger partial charge on any atom is 0.129 e. The molecule has 0 atom stereocenters. The average Bonchev–Trinajstić information content (AvgIpc) is 2.64. The second-order valence-electron chi connectivity index (χ2n) is 2.77. The lowest BCUT2D eigenvalue weighted by atomic mass is 10.3. The molecule has 0 spiro atoms. The zero-order valence-corrected chi connectivity index (χ0v) is 8.70. The van der Waals surface area contributed by atoms with Gasteiger partial charge in [-0.15, -0.1) is 0 Å². The Morgan fingerprint density at radius 1 is 1.29 bits per heavy atom. The predicted octanol–water partition coefficient (Wildman–Crippen LogP) is 2.63. The van der Waals surface area contributed by atoms with E-state index >= 15 is 0 Å². The third kappa shape index (κ3) is 2.05. The van der Waals surface area contributed by atoms with Crippen LogP contribution in [0.3, 0.4) is 0 Å². The Hall–Kier alpha value is -1.06. The third-order valence-corrected chi connectivity index (χ3v) is 2.31. The molecule has 0 unspecified atom stereocenters. The van der Waals surface area contributed by atoms with E-state index in [4.69, 9.17) is 23.2 Å². The summed E-state index contributed by atoms with van der Waals surface area (Å²) < 4.78 is 1.74. The van der Waals surface area contributed by atoms with E-state index in [2.05, 4.69) is 10.1 Å². The van der Waals surface area contributed by atoms with Crippen LogP contribution in [0.4, 0.5) is 0 Å². The van der Waals surface area contributed by atoms with Crippen LogP contribution in [-0.2, 0) is 6.54 Å². The van der Waals surface area contributed by atoms with Gasteiger partial charge in [0.05, 0.1) is 17.3 Å². The zero-order valence-electron chi connectivity index (χ0n) is 7.19. The molecule has 0 aromatic carbocycles. The van der Waals surface area contributed by atoms with Crippen molar-refractivity contribution in [3.63, 3.8) is 0 Å². The second-order valence-corrected chi connectivity index (χ2v) is 3.56. The van der Waals surface area contributed by atoms with Gasteiger partial charge < -0.3 is 0 Å². The predicted molar refractivity (Wildman–Crippen MR) is 55.6 cm³/mol. The normalized spacial score (nSPS) is 10.4. The molecule has 14 heavy (non-hydrogen) atoms. The van der Waals surface area contributed by atoms with Crippen molar-refractivity contribution in [3.05, 3.63) is 46.5 Å². The Morgan fingerprint density at radius 2 is 2.14 bits per heavy atom. The lowest BCUT2D eigenvalue weighted by molar-refractivity contribution is 0.673. The molecule has 0 N–H and O–H groups in total. The number of rotatable bonds is 2. The molecule has 0 aliphatic carbocycles. The lowest BCUT2D eigenvalue weighted by Gasteiger charge is -2.03. The van der Waals surface area contributed by atoms with E-state index in [1.165, 1.54) is 0 Å².